The highest BCUT2D eigenvalue weighted by molar-refractivity contribution is 6.09. The van der Waals surface area contributed by atoms with Crippen molar-refractivity contribution in [3.05, 3.63) is 101 Å². The average molecular weight is 400 g/mol. The lowest BCUT2D eigenvalue weighted by atomic mass is 9.86. The maximum atomic E-state index is 12.9. The smallest absolute Gasteiger partial charge is 0.224 e. The summed E-state index contributed by atoms with van der Waals surface area (Å²) in [5, 5.41) is 2.91. The molecule has 0 bridgehead atoms. The molecule has 3 heteroatoms. The SMILES string of the molecule is Cc1ccc(CCC(=O)Nc2cccc(C(=O)c3ccc(C(C)(C)C)cc3)c2)cc1. The third-order valence-electron chi connectivity index (χ3n) is 5.18. The fraction of sp³-hybridized carbons (Fsp3) is 0.259. The Morgan fingerprint density at radius 3 is 2.13 bits per heavy atom. The summed E-state index contributed by atoms with van der Waals surface area (Å²) >= 11 is 0. The molecule has 30 heavy (non-hydrogen) atoms. The minimum absolute atomic E-state index is 0.0460. The Balaban J connectivity index is 1.64. The van der Waals surface area contributed by atoms with Crippen molar-refractivity contribution in [2.45, 2.75) is 46.0 Å². The normalized spacial score (nSPS) is 11.2. The van der Waals surface area contributed by atoms with E-state index in [1.165, 1.54) is 11.1 Å². The quantitative estimate of drug-likeness (QED) is 0.510. The molecule has 1 N–H and O–H groups in total. The van der Waals surface area contributed by atoms with Gasteiger partial charge >= 0.3 is 0 Å². The van der Waals surface area contributed by atoms with Gasteiger partial charge < -0.3 is 5.32 Å². The first-order valence-electron chi connectivity index (χ1n) is 10.3. The first-order valence-corrected chi connectivity index (χ1v) is 10.3. The molecule has 0 fully saturated rings. The number of hydrogen-bond donors (Lipinski definition) is 1. The Kier molecular flexibility index (Phi) is 6.51. The zero-order valence-corrected chi connectivity index (χ0v) is 18.2. The molecule has 0 radical (unpaired) electrons. The lowest BCUT2D eigenvalue weighted by Crippen LogP contribution is -2.13. The molecule has 0 spiro atoms. The van der Waals surface area contributed by atoms with E-state index >= 15 is 0 Å². The maximum Gasteiger partial charge on any atom is 0.224 e. The van der Waals surface area contributed by atoms with Gasteiger partial charge in [-0.05, 0) is 42.0 Å². The Labute approximate surface area is 179 Å². The third-order valence-corrected chi connectivity index (χ3v) is 5.18. The van der Waals surface area contributed by atoms with E-state index in [9.17, 15) is 9.59 Å². The average Bonchev–Trinajstić information content (AvgIpc) is 2.72. The summed E-state index contributed by atoms with van der Waals surface area (Å²) in [6, 6.07) is 23.1. The van der Waals surface area contributed by atoms with Crippen LogP contribution in [0.25, 0.3) is 0 Å². The number of benzene rings is 3. The van der Waals surface area contributed by atoms with Gasteiger partial charge in [-0.1, -0.05) is 87.0 Å². The second kappa shape index (κ2) is 9.08. The molecule has 0 unspecified atom stereocenters. The third kappa shape index (κ3) is 5.66. The minimum Gasteiger partial charge on any atom is -0.326 e. The van der Waals surface area contributed by atoms with Crippen molar-refractivity contribution >= 4 is 17.4 Å². The molecule has 154 valence electrons. The highest BCUT2D eigenvalue weighted by atomic mass is 16.1. The topological polar surface area (TPSA) is 46.2 Å². The molecule has 0 saturated carbocycles. The molecule has 3 aromatic rings. The summed E-state index contributed by atoms with van der Waals surface area (Å²) in [5.74, 6) is -0.110. The number of hydrogen-bond acceptors (Lipinski definition) is 2. The summed E-state index contributed by atoms with van der Waals surface area (Å²) < 4.78 is 0. The van der Waals surface area contributed by atoms with Crippen LogP contribution in [-0.4, -0.2) is 11.7 Å². The van der Waals surface area contributed by atoms with Crippen molar-refractivity contribution in [3.63, 3.8) is 0 Å². The van der Waals surface area contributed by atoms with E-state index in [1.54, 1.807) is 18.2 Å². The predicted octanol–water partition coefficient (Wildman–Crippen LogP) is 6.09. The zero-order chi connectivity index (χ0) is 21.7. The van der Waals surface area contributed by atoms with Crippen LogP contribution in [0.15, 0.2) is 72.8 Å². The van der Waals surface area contributed by atoms with Gasteiger partial charge in [0.15, 0.2) is 5.78 Å². The van der Waals surface area contributed by atoms with Gasteiger partial charge in [0.2, 0.25) is 5.91 Å². The molecule has 0 aromatic heterocycles. The highest BCUT2D eigenvalue weighted by Crippen LogP contribution is 2.23. The Morgan fingerprint density at radius 2 is 1.50 bits per heavy atom. The van der Waals surface area contributed by atoms with E-state index in [-0.39, 0.29) is 17.1 Å². The first kappa shape index (κ1) is 21.5. The molecule has 0 saturated heterocycles. The highest BCUT2D eigenvalue weighted by Gasteiger charge is 2.15. The Morgan fingerprint density at radius 1 is 0.833 bits per heavy atom. The molecule has 3 nitrogen and oxygen atoms in total. The van der Waals surface area contributed by atoms with E-state index in [1.807, 2.05) is 49.4 Å². The minimum atomic E-state index is -0.0605. The van der Waals surface area contributed by atoms with Crippen LogP contribution in [0.4, 0.5) is 5.69 Å². The van der Waals surface area contributed by atoms with Crippen LogP contribution < -0.4 is 5.32 Å². The first-order chi connectivity index (χ1) is 14.2. The Bertz CT molecular complexity index is 1030. The molecule has 1 amide bonds. The molecule has 0 aliphatic rings. The van der Waals surface area contributed by atoms with Gasteiger partial charge in [-0.2, -0.15) is 0 Å². The number of nitrogens with one attached hydrogen (secondary N) is 1. The second-order valence-corrected chi connectivity index (χ2v) is 8.77. The van der Waals surface area contributed by atoms with Gasteiger partial charge in [-0.25, -0.2) is 0 Å². The van der Waals surface area contributed by atoms with Crippen LogP contribution in [0.2, 0.25) is 0 Å². The van der Waals surface area contributed by atoms with Crippen molar-refractivity contribution in [1.29, 1.82) is 0 Å². The standard InChI is InChI=1S/C27H29NO2/c1-19-8-10-20(11-9-19)12-17-25(29)28-24-7-5-6-22(18-24)26(30)21-13-15-23(16-14-21)27(2,3)4/h5-11,13-16,18H,12,17H2,1-4H3,(H,28,29). The number of carbonyl (C=O) groups excluding carboxylic acids is 2. The summed E-state index contributed by atoms with van der Waals surface area (Å²) in [6.45, 7) is 8.49. The fourth-order valence-electron chi connectivity index (χ4n) is 3.26. The maximum absolute atomic E-state index is 12.9. The predicted molar refractivity (Wildman–Crippen MR) is 123 cm³/mol. The summed E-state index contributed by atoms with van der Waals surface area (Å²) in [7, 11) is 0. The summed E-state index contributed by atoms with van der Waals surface area (Å²) in [4.78, 5) is 25.2. The molecule has 0 aliphatic carbocycles. The molecule has 3 rings (SSSR count). The van der Waals surface area contributed by atoms with Crippen LogP contribution in [-0.2, 0) is 16.6 Å². The lowest BCUT2D eigenvalue weighted by molar-refractivity contribution is -0.116. The van der Waals surface area contributed by atoms with Crippen molar-refractivity contribution in [2.75, 3.05) is 5.32 Å². The van der Waals surface area contributed by atoms with Gasteiger partial charge in [-0.15, -0.1) is 0 Å². The molecule has 3 aromatic carbocycles. The van der Waals surface area contributed by atoms with Gasteiger partial charge in [0, 0.05) is 23.2 Å². The number of ketones is 1. The van der Waals surface area contributed by atoms with Crippen LogP contribution in [0.1, 0.15) is 59.8 Å². The van der Waals surface area contributed by atoms with Crippen LogP contribution in [0, 0.1) is 6.92 Å². The number of amides is 1. The zero-order valence-electron chi connectivity index (χ0n) is 18.2. The number of rotatable bonds is 6. The molecule has 0 atom stereocenters. The molecule has 0 heterocycles. The van der Waals surface area contributed by atoms with E-state index in [2.05, 4.69) is 38.2 Å². The van der Waals surface area contributed by atoms with E-state index in [0.717, 1.165) is 5.56 Å². The van der Waals surface area contributed by atoms with E-state index in [0.29, 0.717) is 29.7 Å². The largest absolute Gasteiger partial charge is 0.326 e. The molecule has 0 aliphatic heterocycles. The summed E-state index contributed by atoms with van der Waals surface area (Å²) in [6.07, 6.45) is 1.08. The van der Waals surface area contributed by atoms with Gasteiger partial charge in [0.1, 0.15) is 0 Å². The summed E-state index contributed by atoms with van der Waals surface area (Å²) in [5.41, 5.74) is 5.43. The van der Waals surface area contributed by atoms with Gasteiger partial charge in [-0.3, -0.25) is 9.59 Å². The van der Waals surface area contributed by atoms with Gasteiger partial charge in [0.05, 0.1) is 0 Å². The van der Waals surface area contributed by atoms with Crippen molar-refractivity contribution in [1.82, 2.24) is 0 Å². The number of anilines is 1. The van der Waals surface area contributed by atoms with Crippen molar-refractivity contribution in [3.8, 4) is 0 Å². The van der Waals surface area contributed by atoms with E-state index in [4.69, 9.17) is 0 Å². The number of carbonyl (C=O) groups is 2. The number of aryl methyl sites for hydroxylation is 2. The second-order valence-electron chi connectivity index (χ2n) is 8.77. The van der Waals surface area contributed by atoms with Crippen LogP contribution in [0.5, 0.6) is 0 Å². The van der Waals surface area contributed by atoms with Gasteiger partial charge in [0.25, 0.3) is 0 Å². The fourth-order valence-corrected chi connectivity index (χ4v) is 3.26. The van der Waals surface area contributed by atoms with Crippen LogP contribution in [0.3, 0.4) is 0 Å². The van der Waals surface area contributed by atoms with Crippen LogP contribution >= 0.6 is 0 Å². The van der Waals surface area contributed by atoms with Crippen molar-refractivity contribution < 1.29 is 9.59 Å². The monoisotopic (exact) mass is 399 g/mol. The Hall–Kier alpha value is -3.20. The molecular weight excluding hydrogens is 370 g/mol. The lowest BCUT2D eigenvalue weighted by Gasteiger charge is -2.19. The van der Waals surface area contributed by atoms with Crippen molar-refractivity contribution in [2.24, 2.45) is 0 Å². The molecular formula is C27H29NO2. The van der Waals surface area contributed by atoms with E-state index < -0.39 is 0 Å².